The van der Waals surface area contributed by atoms with Gasteiger partial charge in [-0.1, -0.05) is 6.07 Å². The van der Waals surface area contributed by atoms with Crippen molar-refractivity contribution in [3.05, 3.63) is 24.0 Å². The van der Waals surface area contributed by atoms with Crippen molar-refractivity contribution in [3.63, 3.8) is 0 Å². The molecule has 3 aromatic rings. The molecule has 0 unspecified atom stereocenters. The number of ether oxygens (including phenoxy) is 2. The van der Waals surface area contributed by atoms with Crippen LogP contribution in [0.4, 0.5) is 25.5 Å². The number of nitrogens with one attached hydrogen (secondary N) is 1. The lowest BCUT2D eigenvalue weighted by atomic mass is 9.97. The summed E-state index contributed by atoms with van der Waals surface area (Å²) in [7, 11) is 1.46. The second kappa shape index (κ2) is 10.7. The van der Waals surface area contributed by atoms with Crippen LogP contribution in [-0.2, 0) is 4.74 Å². The van der Waals surface area contributed by atoms with E-state index in [1.165, 1.54) is 11.7 Å². The summed E-state index contributed by atoms with van der Waals surface area (Å²) in [6.45, 7) is 3.71. The fraction of sp³-hybridized carbons (Fsp3) is 0.522. The van der Waals surface area contributed by atoms with Crippen molar-refractivity contribution in [2.24, 2.45) is 5.92 Å². The Bertz CT molecular complexity index is 1260. The number of nitrogens with zero attached hydrogens (tertiary/aromatic N) is 7. The molecule has 0 saturated carbocycles. The summed E-state index contributed by atoms with van der Waals surface area (Å²) in [5.74, 6) is 0.889. The maximum Gasteiger partial charge on any atom is 0.404 e. The molecule has 5 rings (SSSR count). The number of alkyl halides is 2. The third kappa shape index (κ3) is 5.19. The zero-order chi connectivity index (χ0) is 25.9. The number of hydrogen-bond acceptors (Lipinski definition) is 9. The number of para-hydroxylation sites is 1. The first-order valence-electron chi connectivity index (χ1n) is 12.1. The van der Waals surface area contributed by atoms with Crippen molar-refractivity contribution in [1.29, 1.82) is 0 Å². The maximum atomic E-state index is 14.2. The maximum absolute atomic E-state index is 14.2. The van der Waals surface area contributed by atoms with E-state index in [9.17, 15) is 13.6 Å². The second-order valence-electron chi connectivity index (χ2n) is 8.89. The van der Waals surface area contributed by atoms with Gasteiger partial charge in [0.2, 0.25) is 17.8 Å². The van der Waals surface area contributed by atoms with Crippen molar-refractivity contribution in [3.8, 4) is 11.7 Å². The Morgan fingerprint density at radius 3 is 2.35 bits per heavy atom. The first-order valence-corrected chi connectivity index (χ1v) is 12.1. The Hall–Kier alpha value is -3.81. The summed E-state index contributed by atoms with van der Waals surface area (Å²) in [4.78, 5) is 32.9. The topological polar surface area (TPSA) is 131 Å². The predicted octanol–water partition coefficient (Wildman–Crippen LogP) is 2.48. The highest BCUT2D eigenvalue weighted by Gasteiger charge is 2.28. The van der Waals surface area contributed by atoms with Crippen molar-refractivity contribution in [2.45, 2.75) is 19.3 Å². The van der Waals surface area contributed by atoms with Gasteiger partial charge in [0.05, 0.1) is 25.8 Å². The highest BCUT2D eigenvalue weighted by molar-refractivity contribution is 5.84. The number of amides is 1. The predicted molar refractivity (Wildman–Crippen MR) is 130 cm³/mol. The van der Waals surface area contributed by atoms with E-state index in [-0.39, 0.29) is 11.9 Å². The summed E-state index contributed by atoms with van der Waals surface area (Å²) in [5, 5.41) is 11.3. The number of hydrogen-bond donors (Lipinski definition) is 2. The van der Waals surface area contributed by atoms with Crippen molar-refractivity contribution in [1.82, 2.24) is 29.8 Å². The van der Waals surface area contributed by atoms with Crippen LogP contribution in [0.3, 0.4) is 0 Å². The fourth-order valence-electron chi connectivity index (χ4n) is 4.67. The highest BCUT2D eigenvalue weighted by Crippen LogP contribution is 2.32. The van der Waals surface area contributed by atoms with Gasteiger partial charge in [-0.05, 0) is 30.9 Å². The van der Waals surface area contributed by atoms with Crippen LogP contribution in [0.15, 0.2) is 18.2 Å². The SMILES string of the molecule is COc1cccc2c1nc(C(F)F)n2-c1nc(N2CCOCC2)nc(N2CCC(CNC(=O)O)CC2)n1. The lowest BCUT2D eigenvalue weighted by molar-refractivity contribution is 0.122. The number of benzene rings is 1. The smallest absolute Gasteiger partial charge is 0.404 e. The van der Waals surface area contributed by atoms with Crippen LogP contribution in [0.2, 0.25) is 0 Å². The van der Waals surface area contributed by atoms with Gasteiger partial charge in [0.15, 0.2) is 5.82 Å². The Morgan fingerprint density at radius 1 is 1.08 bits per heavy atom. The number of carboxylic acid groups (broad SMARTS) is 1. The molecule has 37 heavy (non-hydrogen) atoms. The molecule has 1 aromatic carbocycles. The van der Waals surface area contributed by atoms with Gasteiger partial charge in [0, 0.05) is 32.7 Å². The number of piperidine rings is 1. The van der Waals surface area contributed by atoms with Crippen LogP contribution in [0.5, 0.6) is 5.75 Å². The molecule has 0 atom stereocenters. The molecule has 0 aliphatic carbocycles. The Kier molecular flexibility index (Phi) is 7.17. The molecule has 4 heterocycles. The number of morpholine rings is 1. The van der Waals surface area contributed by atoms with Gasteiger partial charge in [-0.15, -0.1) is 0 Å². The molecular formula is C23H28F2N8O4. The number of rotatable bonds is 7. The average Bonchev–Trinajstić information content (AvgIpc) is 3.33. The Labute approximate surface area is 211 Å². The molecule has 1 amide bonds. The van der Waals surface area contributed by atoms with Crippen LogP contribution in [0, 0.1) is 5.92 Å². The number of carbonyl (C=O) groups is 1. The third-order valence-corrected chi connectivity index (χ3v) is 6.62. The van der Waals surface area contributed by atoms with Crippen LogP contribution >= 0.6 is 0 Å². The molecule has 0 radical (unpaired) electrons. The van der Waals surface area contributed by atoms with Gasteiger partial charge in [-0.2, -0.15) is 15.0 Å². The van der Waals surface area contributed by atoms with E-state index in [0.717, 1.165) is 12.8 Å². The first kappa shape index (κ1) is 24.9. The molecule has 0 spiro atoms. The molecule has 2 aliphatic heterocycles. The van der Waals surface area contributed by atoms with E-state index in [1.807, 2.05) is 9.80 Å². The van der Waals surface area contributed by atoms with E-state index >= 15 is 0 Å². The zero-order valence-electron chi connectivity index (χ0n) is 20.3. The number of fused-ring (bicyclic) bond motifs is 1. The average molecular weight is 519 g/mol. The number of aromatic nitrogens is 5. The fourth-order valence-corrected chi connectivity index (χ4v) is 4.67. The van der Waals surface area contributed by atoms with Gasteiger partial charge < -0.3 is 29.7 Å². The molecule has 2 aliphatic rings. The minimum atomic E-state index is -2.87. The van der Waals surface area contributed by atoms with E-state index in [4.69, 9.17) is 19.6 Å². The van der Waals surface area contributed by atoms with Crippen molar-refractivity contribution < 1.29 is 28.2 Å². The van der Waals surface area contributed by atoms with E-state index < -0.39 is 18.3 Å². The summed E-state index contributed by atoms with van der Waals surface area (Å²) in [6, 6.07) is 5.04. The lowest BCUT2D eigenvalue weighted by Crippen LogP contribution is -2.40. The van der Waals surface area contributed by atoms with Gasteiger partial charge in [-0.25, -0.2) is 18.6 Å². The van der Waals surface area contributed by atoms with Crippen molar-refractivity contribution in [2.75, 3.05) is 62.8 Å². The second-order valence-corrected chi connectivity index (χ2v) is 8.89. The summed E-state index contributed by atoms with van der Waals surface area (Å²) >= 11 is 0. The van der Waals surface area contributed by atoms with E-state index in [0.29, 0.717) is 74.6 Å². The van der Waals surface area contributed by atoms with Gasteiger partial charge >= 0.3 is 6.09 Å². The Morgan fingerprint density at radius 2 is 1.73 bits per heavy atom. The van der Waals surface area contributed by atoms with E-state index in [1.54, 1.807) is 18.2 Å². The molecule has 2 aromatic heterocycles. The first-order chi connectivity index (χ1) is 17.9. The standard InChI is InChI=1S/C23H28F2N8O4/c1-36-16-4-2-3-15-17(16)27-19(18(24)25)33(15)22-29-20(28-21(30-22)32-9-11-37-12-10-32)31-7-5-14(6-8-31)13-26-23(34)35/h2-4,14,18,26H,5-13H2,1H3,(H,34,35). The molecule has 12 nitrogen and oxygen atoms in total. The molecule has 198 valence electrons. The zero-order valence-corrected chi connectivity index (χ0v) is 20.3. The van der Waals surface area contributed by atoms with Crippen molar-refractivity contribution >= 4 is 29.0 Å². The molecule has 14 heteroatoms. The monoisotopic (exact) mass is 518 g/mol. The van der Waals surface area contributed by atoms with Gasteiger partial charge in [-0.3, -0.25) is 4.57 Å². The highest BCUT2D eigenvalue weighted by atomic mass is 19.3. The largest absolute Gasteiger partial charge is 0.494 e. The third-order valence-electron chi connectivity index (χ3n) is 6.62. The Balaban J connectivity index is 1.55. The summed E-state index contributed by atoms with van der Waals surface area (Å²) in [5.41, 5.74) is 0.695. The summed E-state index contributed by atoms with van der Waals surface area (Å²) in [6.07, 6.45) is -2.44. The number of halogens is 2. The van der Waals surface area contributed by atoms with Gasteiger partial charge in [0.25, 0.3) is 6.43 Å². The molecule has 2 saturated heterocycles. The molecule has 2 fully saturated rings. The molecule has 0 bridgehead atoms. The van der Waals surface area contributed by atoms with Crippen LogP contribution in [-0.4, -0.2) is 88.8 Å². The summed E-state index contributed by atoms with van der Waals surface area (Å²) < 4.78 is 40.4. The number of anilines is 2. The minimum Gasteiger partial charge on any atom is -0.494 e. The van der Waals surface area contributed by atoms with Gasteiger partial charge in [0.1, 0.15) is 11.3 Å². The normalized spacial score (nSPS) is 17.0. The number of imidazole rings is 1. The van der Waals surface area contributed by atoms with Crippen LogP contribution in [0.25, 0.3) is 17.0 Å². The van der Waals surface area contributed by atoms with E-state index in [2.05, 4.69) is 20.3 Å². The minimum absolute atomic E-state index is 0.0483. The molecule has 2 N–H and O–H groups in total. The van der Waals surface area contributed by atoms with Crippen LogP contribution in [0.1, 0.15) is 25.1 Å². The quantitative estimate of drug-likeness (QED) is 0.481. The molecular weight excluding hydrogens is 490 g/mol. The lowest BCUT2D eigenvalue weighted by Gasteiger charge is -2.33. The number of methoxy groups -OCH3 is 1. The van der Waals surface area contributed by atoms with Crippen LogP contribution < -0.4 is 19.9 Å².